The minimum absolute atomic E-state index is 0.0459. The molecule has 1 fully saturated rings. The lowest BCUT2D eigenvalue weighted by molar-refractivity contribution is 0.0991. The molecule has 0 aliphatic carbocycles. The summed E-state index contributed by atoms with van der Waals surface area (Å²) < 4.78 is 0. The third kappa shape index (κ3) is 2.64. The lowest BCUT2D eigenvalue weighted by Crippen LogP contribution is -2.44. The van der Waals surface area contributed by atoms with Gasteiger partial charge in [-0.15, -0.1) is 11.3 Å². The van der Waals surface area contributed by atoms with E-state index in [9.17, 15) is 9.59 Å². The number of thiophene rings is 1. The fraction of sp³-hybridized carbons (Fsp3) is 0.538. The Hall–Kier alpha value is -1.60. The fourth-order valence-corrected chi connectivity index (χ4v) is 3.56. The summed E-state index contributed by atoms with van der Waals surface area (Å²) in [5.74, 6) is -0.613. The van der Waals surface area contributed by atoms with Gasteiger partial charge in [-0.2, -0.15) is 0 Å². The molecule has 4 N–H and O–H groups in total. The molecule has 0 bridgehead atoms. The number of hydrogen-bond donors (Lipinski definition) is 2. The van der Waals surface area contributed by atoms with E-state index < -0.39 is 5.91 Å². The normalized spacial score (nSPS) is 16.4. The first-order valence-electron chi connectivity index (χ1n) is 6.64. The molecule has 1 aliphatic heterocycles. The lowest BCUT2D eigenvalue weighted by Gasteiger charge is -2.33. The van der Waals surface area contributed by atoms with Gasteiger partial charge in [0.25, 0.3) is 5.91 Å². The molecule has 2 heterocycles. The van der Waals surface area contributed by atoms with Crippen molar-refractivity contribution < 1.29 is 9.59 Å². The van der Waals surface area contributed by atoms with Crippen LogP contribution in [0.2, 0.25) is 0 Å². The first-order valence-corrected chi connectivity index (χ1v) is 7.46. The van der Waals surface area contributed by atoms with Gasteiger partial charge in [0, 0.05) is 32.6 Å². The molecule has 0 spiro atoms. The standard InChI is InChI=1S/C13H20N4O2S/c1-3-8(18)11-10(14)9(12(15)19)13(20-11)17-6-4-16(2)5-7-17/h3-7,14H2,1-2H3,(H2,15,19). The second-order valence-corrected chi connectivity index (χ2v) is 5.96. The Labute approximate surface area is 122 Å². The maximum Gasteiger partial charge on any atom is 0.253 e. The van der Waals surface area contributed by atoms with Gasteiger partial charge >= 0.3 is 0 Å². The molecule has 1 amide bonds. The zero-order valence-corrected chi connectivity index (χ0v) is 12.6. The van der Waals surface area contributed by atoms with Crippen molar-refractivity contribution in [2.45, 2.75) is 13.3 Å². The van der Waals surface area contributed by atoms with Crippen molar-refractivity contribution in [2.75, 3.05) is 43.9 Å². The summed E-state index contributed by atoms with van der Waals surface area (Å²) in [5, 5.41) is 0.736. The van der Waals surface area contributed by atoms with Crippen LogP contribution in [0.5, 0.6) is 0 Å². The van der Waals surface area contributed by atoms with E-state index in [4.69, 9.17) is 11.5 Å². The summed E-state index contributed by atoms with van der Waals surface area (Å²) in [6.45, 7) is 5.20. The molecule has 20 heavy (non-hydrogen) atoms. The van der Waals surface area contributed by atoms with E-state index in [0.717, 1.165) is 31.2 Å². The molecule has 0 saturated carbocycles. The molecule has 110 valence electrons. The predicted octanol–water partition coefficient (Wildman–Crippen LogP) is 0.774. The molecule has 1 aliphatic rings. The average molecular weight is 296 g/mol. The van der Waals surface area contributed by atoms with Crippen LogP contribution in [-0.2, 0) is 0 Å². The number of hydrogen-bond acceptors (Lipinski definition) is 6. The minimum Gasteiger partial charge on any atom is -0.397 e. The molecule has 6 nitrogen and oxygen atoms in total. The van der Waals surface area contributed by atoms with Crippen LogP contribution >= 0.6 is 11.3 Å². The van der Waals surface area contributed by atoms with E-state index >= 15 is 0 Å². The van der Waals surface area contributed by atoms with Crippen molar-refractivity contribution in [3.05, 3.63) is 10.4 Å². The number of rotatable bonds is 4. The highest BCUT2D eigenvalue weighted by atomic mass is 32.1. The molecule has 7 heteroatoms. The van der Waals surface area contributed by atoms with Crippen molar-refractivity contribution in [1.82, 2.24) is 4.90 Å². The SMILES string of the molecule is CCC(=O)c1sc(N2CCN(C)CC2)c(C(N)=O)c1N. The number of primary amides is 1. The molecule has 0 atom stereocenters. The lowest BCUT2D eigenvalue weighted by atomic mass is 10.1. The van der Waals surface area contributed by atoms with Crippen LogP contribution in [0.3, 0.4) is 0 Å². The Morgan fingerprint density at radius 2 is 1.85 bits per heavy atom. The van der Waals surface area contributed by atoms with E-state index in [2.05, 4.69) is 16.8 Å². The van der Waals surface area contributed by atoms with E-state index in [1.165, 1.54) is 11.3 Å². The quantitative estimate of drug-likeness (QED) is 0.801. The molecule has 2 rings (SSSR count). The smallest absolute Gasteiger partial charge is 0.253 e. The molecule has 0 radical (unpaired) electrons. The number of ketones is 1. The Balaban J connectivity index is 2.41. The number of amides is 1. The second-order valence-electron chi connectivity index (χ2n) is 4.96. The number of carbonyl (C=O) groups is 2. The molecule has 1 aromatic rings. The van der Waals surface area contributed by atoms with Crippen LogP contribution in [-0.4, -0.2) is 49.8 Å². The monoisotopic (exact) mass is 296 g/mol. The van der Waals surface area contributed by atoms with Gasteiger partial charge in [-0.05, 0) is 7.05 Å². The number of nitrogen functional groups attached to an aromatic ring is 1. The Morgan fingerprint density at radius 1 is 1.25 bits per heavy atom. The summed E-state index contributed by atoms with van der Waals surface area (Å²) in [6, 6.07) is 0. The van der Waals surface area contributed by atoms with Gasteiger partial charge in [0.15, 0.2) is 5.78 Å². The van der Waals surface area contributed by atoms with Crippen LogP contribution in [0.15, 0.2) is 0 Å². The zero-order valence-electron chi connectivity index (χ0n) is 11.8. The zero-order chi connectivity index (χ0) is 14.9. The third-order valence-electron chi connectivity index (χ3n) is 3.54. The van der Waals surface area contributed by atoms with Crippen LogP contribution in [0.25, 0.3) is 0 Å². The van der Waals surface area contributed by atoms with Gasteiger partial charge in [0.05, 0.1) is 16.1 Å². The number of nitrogens with two attached hydrogens (primary N) is 2. The van der Waals surface area contributed by atoms with Crippen LogP contribution in [0.4, 0.5) is 10.7 Å². The van der Waals surface area contributed by atoms with Crippen molar-refractivity contribution in [1.29, 1.82) is 0 Å². The molecule has 1 saturated heterocycles. The molecular weight excluding hydrogens is 276 g/mol. The van der Waals surface area contributed by atoms with Crippen molar-refractivity contribution in [3.8, 4) is 0 Å². The van der Waals surface area contributed by atoms with Crippen LogP contribution in [0.1, 0.15) is 33.4 Å². The summed E-state index contributed by atoms with van der Waals surface area (Å²) >= 11 is 1.29. The molecule has 1 aromatic heterocycles. The highest BCUT2D eigenvalue weighted by Gasteiger charge is 2.27. The van der Waals surface area contributed by atoms with Crippen molar-refractivity contribution in [2.24, 2.45) is 5.73 Å². The van der Waals surface area contributed by atoms with Gasteiger partial charge in [-0.25, -0.2) is 0 Å². The van der Waals surface area contributed by atoms with E-state index in [1.54, 1.807) is 6.92 Å². The van der Waals surface area contributed by atoms with E-state index in [1.807, 2.05) is 0 Å². The Morgan fingerprint density at radius 3 is 2.35 bits per heavy atom. The summed E-state index contributed by atoms with van der Waals surface area (Å²) in [4.78, 5) is 28.3. The first-order chi connectivity index (χ1) is 9.45. The summed E-state index contributed by atoms with van der Waals surface area (Å²) in [5.41, 5.74) is 12.0. The highest BCUT2D eigenvalue weighted by molar-refractivity contribution is 7.19. The second kappa shape index (κ2) is 5.80. The van der Waals surface area contributed by atoms with E-state index in [-0.39, 0.29) is 11.5 Å². The number of likely N-dealkylation sites (N-methyl/N-ethyl adjacent to an activating group) is 1. The third-order valence-corrected chi connectivity index (χ3v) is 4.85. The van der Waals surface area contributed by atoms with Gasteiger partial charge in [-0.3, -0.25) is 9.59 Å². The molecular formula is C13H20N4O2S. The van der Waals surface area contributed by atoms with Gasteiger partial charge in [-0.1, -0.05) is 6.92 Å². The maximum absolute atomic E-state index is 11.9. The van der Waals surface area contributed by atoms with Crippen molar-refractivity contribution in [3.63, 3.8) is 0 Å². The molecule has 0 unspecified atom stereocenters. The van der Waals surface area contributed by atoms with Gasteiger partial charge in [0.1, 0.15) is 5.00 Å². The largest absolute Gasteiger partial charge is 0.397 e. The number of carbonyl (C=O) groups excluding carboxylic acids is 2. The van der Waals surface area contributed by atoms with Crippen molar-refractivity contribution >= 4 is 33.7 Å². The van der Waals surface area contributed by atoms with E-state index in [0.29, 0.717) is 16.9 Å². The number of nitrogens with zero attached hydrogens (tertiary/aromatic N) is 2. The summed E-state index contributed by atoms with van der Waals surface area (Å²) in [7, 11) is 2.06. The van der Waals surface area contributed by atoms with Gasteiger partial charge in [0.2, 0.25) is 0 Å². The topological polar surface area (TPSA) is 92.7 Å². The predicted molar refractivity (Wildman–Crippen MR) is 81.6 cm³/mol. The highest BCUT2D eigenvalue weighted by Crippen LogP contribution is 2.39. The minimum atomic E-state index is -0.567. The summed E-state index contributed by atoms with van der Waals surface area (Å²) in [6.07, 6.45) is 0.366. The van der Waals surface area contributed by atoms with Gasteiger partial charge < -0.3 is 21.3 Å². The fourth-order valence-electron chi connectivity index (χ4n) is 2.27. The number of anilines is 2. The maximum atomic E-state index is 11.9. The first kappa shape index (κ1) is 14.8. The number of piperazine rings is 1. The molecule has 0 aromatic carbocycles. The Bertz CT molecular complexity index is 533. The Kier molecular flexibility index (Phi) is 4.29. The average Bonchev–Trinajstić information content (AvgIpc) is 2.76. The van der Waals surface area contributed by atoms with Crippen LogP contribution < -0.4 is 16.4 Å². The number of Topliss-reactive ketones (excluding diaryl/α,β-unsaturated/α-hetero) is 1. The van der Waals surface area contributed by atoms with Crippen LogP contribution in [0, 0.1) is 0 Å².